The predicted molar refractivity (Wildman–Crippen MR) is 68.4 cm³/mol. The highest BCUT2D eigenvalue weighted by Crippen LogP contribution is 2.49. The maximum Gasteiger partial charge on any atom is 0.0691 e. The van der Waals surface area contributed by atoms with Gasteiger partial charge < -0.3 is 4.74 Å². The number of rotatable bonds is 0. The summed E-state index contributed by atoms with van der Waals surface area (Å²) in [6.45, 7) is 7.56. The van der Waals surface area contributed by atoms with Crippen molar-refractivity contribution in [2.75, 3.05) is 6.61 Å². The summed E-state index contributed by atoms with van der Waals surface area (Å²) in [4.78, 5) is 0. The van der Waals surface area contributed by atoms with Crippen LogP contribution in [0.15, 0.2) is 23.3 Å². The fourth-order valence-electron chi connectivity index (χ4n) is 2.54. The van der Waals surface area contributed by atoms with Gasteiger partial charge in [0.25, 0.3) is 0 Å². The molecule has 1 heterocycles. The minimum atomic E-state index is 0.191. The lowest BCUT2D eigenvalue weighted by Crippen LogP contribution is -2.13. The second kappa shape index (κ2) is 4.75. The Bertz CT molecular complexity index is 313. The lowest BCUT2D eigenvalue weighted by Gasteiger charge is -2.13. The predicted octanol–water partition coefficient (Wildman–Crippen LogP) is 4.25. The monoisotopic (exact) mass is 220 g/mol. The number of allylic oxidation sites excluding steroid dienone is 3. The zero-order chi connectivity index (χ0) is 11.6. The third kappa shape index (κ3) is 2.98. The Morgan fingerprint density at radius 2 is 1.94 bits per heavy atom. The van der Waals surface area contributed by atoms with Crippen molar-refractivity contribution in [3.05, 3.63) is 23.3 Å². The Kier molecular flexibility index (Phi) is 3.53. The Morgan fingerprint density at radius 3 is 2.75 bits per heavy atom. The van der Waals surface area contributed by atoms with Crippen LogP contribution >= 0.6 is 0 Å². The molecular weight excluding hydrogens is 196 g/mol. The van der Waals surface area contributed by atoms with Gasteiger partial charge in [0, 0.05) is 0 Å². The topological polar surface area (TPSA) is 9.23 Å². The zero-order valence-electron chi connectivity index (χ0n) is 10.9. The van der Waals surface area contributed by atoms with E-state index in [2.05, 4.69) is 32.9 Å². The lowest BCUT2D eigenvalue weighted by atomic mass is 10.0. The van der Waals surface area contributed by atoms with Gasteiger partial charge in [-0.25, -0.2) is 0 Å². The van der Waals surface area contributed by atoms with Gasteiger partial charge >= 0.3 is 0 Å². The van der Waals surface area contributed by atoms with Crippen molar-refractivity contribution in [2.24, 2.45) is 5.92 Å². The molecule has 1 heteroatoms. The number of fused-ring (bicyclic) bond motifs is 1. The number of hydrogen-bond donors (Lipinski definition) is 0. The second-order valence-electron chi connectivity index (χ2n) is 5.70. The molecule has 2 unspecified atom stereocenters. The van der Waals surface area contributed by atoms with E-state index in [1.165, 1.54) is 37.7 Å². The molecule has 0 bridgehead atoms. The zero-order valence-corrected chi connectivity index (χ0v) is 10.9. The molecule has 0 N–H and O–H groups in total. The first-order valence-corrected chi connectivity index (χ1v) is 6.55. The molecule has 0 spiro atoms. The van der Waals surface area contributed by atoms with Crippen LogP contribution in [0, 0.1) is 5.92 Å². The van der Waals surface area contributed by atoms with Crippen LogP contribution in [0.1, 0.15) is 52.9 Å². The highest BCUT2D eigenvalue weighted by atomic mass is 16.5. The van der Waals surface area contributed by atoms with E-state index in [0.29, 0.717) is 0 Å². The summed E-state index contributed by atoms with van der Waals surface area (Å²) < 4.78 is 5.99. The molecule has 16 heavy (non-hydrogen) atoms. The lowest BCUT2D eigenvalue weighted by molar-refractivity contribution is 0.0527. The first-order valence-electron chi connectivity index (χ1n) is 6.55. The Morgan fingerprint density at radius 1 is 1.19 bits per heavy atom. The molecule has 1 nitrogen and oxygen atoms in total. The minimum Gasteiger partial charge on any atom is -0.371 e. The fraction of sp³-hybridized carbons (Fsp3) is 0.733. The molecular formula is C15H24O. The van der Waals surface area contributed by atoms with Crippen molar-refractivity contribution in [3.63, 3.8) is 0 Å². The van der Waals surface area contributed by atoms with E-state index in [0.717, 1.165) is 12.5 Å². The normalized spacial score (nSPS) is 42.8. The molecule has 0 aromatic carbocycles. The van der Waals surface area contributed by atoms with Gasteiger partial charge in [-0.1, -0.05) is 23.3 Å². The van der Waals surface area contributed by atoms with E-state index in [4.69, 9.17) is 4.74 Å². The first kappa shape index (κ1) is 11.9. The van der Waals surface area contributed by atoms with Crippen LogP contribution in [0.5, 0.6) is 0 Å². The molecule has 0 aromatic heterocycles. The van der Waals surface area contributed by atoms with E-state index in [9.17, 15) is 0 Å². The maximum atomic E-state index is 5.99. The average Bonchev–Trinajstić information content (AvgIpc) is 2.85. The molecule has 1 aliphatic carbocycles. The summed E-state index contributed by atoms with van der Waals surface area (Å²) in [6, 6.07) is 0. The van der Waals surface area contributed by atoms with Crippen molar-refractivity contribution >= 4 is 0 Å². The molecule has 1 saturated carbocycles. The quantitative estimate of drug-likeness (QED) is 0.555. The molecule has 0 radical (unpaired) electrons. The van der Waals surface area contributed by atoms with Gasteiger partial charge in [-0.2, -0.15) is 0 Å². The SMILES string of the molecule is C/C1=C/COC2(C)CC2CC/C(C)=C\CC1. The summed E-state index contributed by atoms with van der Waals surface area (Å²) in [5.74, 6) is 0.795. The van der Waals surface area contributed by atoms with E-state index < -0.39 is 0 Å². The Hall–Kier alpha value is -0.560. The molecule has 2 rings (SSSR count). The highest BCUT2D eigenvalue weighted by molar-refractivity contribution is 5.09. The molecule has 0 saturated heterocycles. The van der Waals surface area contributed by atoms with Crippen LogP contribution in [0.2, 0.25) is 0 Å². The van der Waals surface area contributed by atoms with Gasteiger partial charge in [0.2, 0.25) is 0 Å². The van der Waals surface area contributed by atoms with Crippen molar-refractivity contribution < 1.29 is 4.74 Å². The van der Waals surface area contributed by atoms with Crippen LogP contribution in [0.25, 0.3) is 0 Å². The first-order chi connectivity index (χ1) is 7.60. The fourth-order valence-corrected chi connectivity index (χ4v) is 2.54. The van der Waals surface area contributed by atoms with Crippen LogP contribution in [0.3, 0.4) is 0 Å². The maximum absolute atomic E-state index is 5.99. The van der Waals surface area contributed by atoms with Crippen molar-refractivity contribution in [1.29, 1.82) is 0 Å². The summed E-state index contributed by atoms with van der Waals surface area (Å²) in [5.41, 5.74) is 3.21. The average molecular weight is 220 g/mol. The van der Waals surface area contributed by atoms with Gasteiger partial charge in [-0.3, -0.25) is 0 Å². The molecule has 0 amide bonds. The third-order valence-corrected chi connectivity index (χ3v) is 4.12. The Balaban J connectivity index is 1.99. The van der Waals surface area contributed by atoms with E-state index in [1.54, 1.807) is 5.57 Å². The summed E-state index contributed by atoms with van der Waals surface area (Å²) in [6.07, 6.45) is 10.9. The molecule has 2 atom stereocenters. The molecule has 90 valence electrons. The van der Waals surface area contributed by atoms with Crippen LogP contribution in [0.4, 0.5) is 0 Å². The van der Waals surface area contributed by atoms with Crippen LogP contribution < -0.4 is 0 Å². The molecule has 0 aromatic rings. The van der Waals surface area contributed by atoms with Crippen molar-refractivity contribution in [1.82, 2.24) is 0 Å². The van der Waals surface area contributed by atoms with Gasteiger partial charge in [0.15, 0.2) is 0 Å². The second-order valence-corrected chi connectivity index (χ2v) is 5.70. The van der Waals surface area contributed by atoms with Gasteiger partial charge in [-0.15, -0.1) is 0 Å². The van der Waals surface area contributed by atoms with Gasteiger partial charge in [-0.05, 0) is 58.8 Å². The Labute approximate surface area is 99.6 Å². The summed E-state index contributed by atoms with van der Waals surface area (Å²) in [5, 5.41) is 0. The minimum absolute atomic E-state index is 0.191. The standard InChI is InChI=1S/C15H24O/c1-12-5-4-6-13(2)9-10-16-15(3)11-14(15)8-7-12/h5,9,14H,4,6-8,10-11H2,1-3H3/b12-5-,13-9-. The van der Waals surface area contributed by atoms with Crippen molar-refractivity contribution in [2.45, 2.75) is 58.5 Å². The molecule has 2 aliphatic rings. The number of ether oxygens (including phenoxy) is 1. The van der Waals surface area contributed by atoms with Gasteiger partial charge in [0.05, 0.1) is 12.2 Å². The highest BCUT2D eigenvalue weighted by Gasteiger charge is 2.50. The molecule has 1 fully saturated rings. The van der Waals surface area contributed by atoms with Crippen LogP contribution in [-0.2, 0) is 4.74 Å². The third-order valence-electron chi connectivity index (χ3n) is 4.12. The number of hydrogen-bond acceptors (Lipinski definition) is 1. The van der Waals surface area contributed by atoms with Crippen LogP contribution in [-0.4, -0.2) is 12.2 Å². The summed E-state index contributed by atoms with van der Waals surface area (Å²) >= 11 is 0. The van der Waals surface area contributed by atoms with Gasteiger partial charge in [0.1, 0.15) is 0 Å². The van der Waals surface area contributed by atoms with E-state index in [-0.39, 0.29) is 5.60 Å². The van der Waals surface area contributed by atoms with Crippen molar-refractivity contribution in [3.8, 4) is 0 Å². The summed E-state index contributed by atoms with van der Waals surface area (Å²) in [7, 11) is 0. The smallest absolute Gasteiger partial charge is 0.0691 e. The largest absolute Gasteiger partial charge is 0.371 e. The molecule has 1 aliphatic heterocycles. The van der Waals surface area contributed by atoms with E-state index >= 15 is 0 Å². The van der Waals surface area contributed by atoms with E-state index in [1.807, 2.05) is 0 Å².